The summed E-state index contributed by atoms with van der Waals surface area (Å²) in [7, 11) is -3.43. The number of aromatic nitrogens is 1. The van der Waals surface area contributed by atoms with Gasteiger partial charge < -0.3 is 4.74 Å². The van der Waals surface area contributed by atoms with Crippen molar-refractivity contribution in [3.63, 3.8) is 0 Å². The van der Waals surface area contributed by atoms with Gasteiger partial charge in [0, 0.05) is 54.2 Å². The van der Waals surface area contributed by atoms with Crippen molar-refractivity contribution >= 4 is 33.0 Å². The van der Waals surface area contributed by atoms with Gasteiger partial charge in [0.25, 0.3) is 0 Å². The molecule has 0 atom stereocenters. The van der Waals surface area contributed by atoms with E-state index in [1.54, 1.807) is 29.9 Å². The quantitative estimate of drug-likeness (QED) is 0.523. The van der Waals surface area contributed by atoms with Crippen LogP contribution in [0.25, 0.3) is 0 Å². The summed E-state index contributed by atoms with van der Waals surface area (Å²) in [5.74, 6) is 0.800. The summed E-state index contributed by atoms with van der Waals surface area (Å²) in [5.41, 5.74) is 2.02. The Hall–Kier alpha value is -1.97. The number of halogens is 1. The minimum atomic E-state index is -3.43. The van der Waals surface area contributed by atoms with Crippen molar-refractivity contribution in [3.05, 3.63) is 76.4 Å². The fraction of sp³-hybridized carbons (Fsp3) is 0.318. The number of hydrogen-bond acceptors (Lipinski definition) is 6. The van der Waals surface area contributed by atoms with Crippen molar-refractivity contribution < 1.29 is 13.2 Å². The third-order valence-corrected chi connectivity index (χ3v) is 8.36. The molecule has 4 rings (SSSR count). The van der Waals surface area contributed by atoms with Crippen molar-refractivity contribution in [2.24, 2.45) is 0 Å². The molecule has 1 saturated heterocycles. The molecule has 1 fully saturated rings. The molecule has 2 aromatic heterocycles. The summed E-state index contributed by atoms with van der Waals surface area (Å²) < 4.78 is 34.2. The van der Waals surface area contributed by atoms with Gasteiger partial charge in [-0.15, -0.1) is 11.3 Å². The minimum Gasteiger partial charge on any atom is -0.489 e. The molecule has 0 saturated carbocycles. The molecule has 0 bridgehead atoms. The van der Waals surface area contributed by atoms with Crippen LogP contribution in [0.5, 0.6) is 5.75 Å². The summed E-state index contributed by atoms with van der Waals surface area (Å²) in [6.07, 6.45) is 5.05. The maximum Gasteiger partial charge on any atom is 0.250 e. The lowest BCUT2D eigenvalue weighted by Crippen LogP contribution is -2.44. The van der Waals surface area contributed by atoms with Gasteiger partial charge in [-0.25, -0.2) is 13.1 Å². The summed E-state index contributed by atoms with van der Waals surface area (Å²) in [6, 6.07) is 12.9. The topological polar surface area (TPSA) is 71.5 Å². The predicted molar refractivity (Wildman–Crippen MR) is 123 cm³/mol. The number of likely N-dealkylation sites (tertiary alicyclic amines) is 1. The summed E-state index contributed by atoms with van der Waals surface area (Å²) >= 11 is 7.47. The predicted octanol–water partition coefficient (Wildman–Crippen LogP) is 4.32. The van der Waals surface area contributed by atoms with Gasteiger partial charge in [-0.1, -0.05) is 23.7 Å². The molecule has 0 spiro atoms. The monoisotopic (exact) mass is 477 g/mol. The first-order valence-electron chi connectivity index (χ1n) is 10.1. The number of rotatable bonds is 8. The average Bonchev–Trinajstić information content (AvgIpc) is 3.31. The number of sulfonamides is 1. The van der Waals surface area contributed by atoms with Gasteiger partial charge in [0.2, 0.25) is 10.0 Å². The van der Waals surface area contributed by atoms with E-state index in [9.17, 15) is 8.42 Å². The number of nitrogens with zero attached hydrogens (tertiary/aromatic N) is 2. The number of nitrogens with one attached hydrogen (secondary N) is 1. The van der Waals surface area contributed by atoms with E-state index in [1.807, 2.05) is 30.3 Å². The van der Waals surface area contributed by atoms with E-state index < -0.39 is 10.0 Å². The third-order valence-electron chi connectivity index (χ3n) is 5.20. The maximum atomic E-state index is 12.5. The zero-order chi connectivity index (χ0) is 21.7. The zero-order valence-electron chi connectivity index (χ0n) is 16.9. The van der Waals surface area contributed by atoms with Crippen LogP contribution in [0, 0.1) is 0 Å². The van der Waals surface area contributed by atoms with Gasteiger partial charge >= 0.3 is 0 Å². The Morgan fingerprint density at radius 2 is 2.03 bits per heavy atom. The van der Waals surface area contributed by atoms with E-state index in [-0.39, 0.29) is 6.04 Å². The van der Waals surface area contributed by atoms with Gasteiger partial charge in [0.1, 0.15) is 16.6 Å². The van der Waals surface area contributed by atoms with E-state index in [2.05, 4.69) is 14.6 Å². The molecule has 1 aliphatic heterocycles. The molecule has 0 radical (unpaired) electrons. The minimum absolute atomic E-state index is 0.0518. The molecular formula is C22H24ClN3O3S2. The van der Waals surface area contributed by atoms with Gasteiger partial charge in [-0.2, -0.15) is 0 Å². The first-order valence-corrected chi connectivity index (χ1v) is 12.8. The van der Waals surface area contributed by atoms with Crippen LogP contribution in [-0.2, 0) is 23.2 Å². The van der Waals surface area contributed by atoms with Crippen LogP contribution in [0.4, 0.5) is 0 Å². The molecule has 0 aliphatic carbocycles. The molecule has 1 aromatic carbocycles. The maximum absolute atomic E-state index is 12.5. The first-order chi connectivity index (χ1) is 15.0. The second kappa shape index (κ2) is 10.1. The van der Waals surface area contributed by atoms with Crippen LogP contribution >= 0.6 is 22.9 Å². The van der Waals surface area contributed by atoms with Crippen LogP contribution in [-0.4, -0.2) is 37.4 Å². The Morgan fingerprint density at radius 1 is 1.19 bits per heavy atom. The molecule has 9 heteroatoms. The molecule has 3 heterocycles. The molecule has 0 amide bonds. The molecule has 31 heavy (non-hydrogen) atoms. The lowest BCUT2D eigenvalue weighted by molar-refractivity contribution is 0.196. The van der Waals surface area contributed by atoms with Crippen LogP contribution in [0.1, 0.15) is 24.0 Å². The van der Waals surface area contributed by atoms with E-state index in [1.165, 1.54) is 11.3 Å². The van der Waals surface area contributed by atoms with Gasteiger partial charge in [0.05, 0.1) is 0 Å². The molecule has 3 aromatic rings. The fourth-order valence-electron chi connectivity index (χ4n) is 3.60. The smallest absolute Gasteiger partial charge is 0.250 e. The lowest BCUT2D eigenvalue weighted by Gasteiger charge is -2.32. The van der Waals surface area contributed by atoms with E-state index >= 15 is 0 Å². The third kappa shape index (κ3) is 6.05. The highest BCUT2D eigenvalue weighted by Gasteiger charge is 2.25. The van der Waals surface area contributed by atoms with Crippen molar-refractivity contribution in [3.8, 4) is 5.75 Å². The SMILES string of the molecule is O=S(=O)(NC1CCN(Cc2cc(Cl)ccc2OCc2cccnc2)CC1)c1cccs1. The van der Waals surface area contributed by atoms with Gasteiger partial charge in [-0.05, 0) is 48.6 Å². The van der Waals surface area contributed by atoms with Gasteiger partial charge in [0.15, 0.2) is 0 Å². The number of piperidine rings is 1. The standard InChI is InChI=1S/C22H24ClN3O3S2/c23-19-5-6-21(29-16-17-3-1-9-24-14-17)18(13-19)15-26-10-7-20(8-11-26)25-31(27,28)22-4-2-12-30-22/h1-6,9,12-14,20,25H,7-8,10-11,15-16H2. The van der Waals surface area contributed by atoms with Crippen LogP contribution in [0.2, 0.25) is 5.02 Å². The molecule has 1 N–H and O–H groups in total. The summed E-state index contributed by atoms with van der Waals surface area (Å²) in [4.78, 5) is 6.42. The highest BCUT2D eigenvalue weighted by Crippen LogP contribution is 2.27. The molecular weight excluding hydrogens is 454 g/mol. The highest BCUT2D eigenvalue weighted by molar-refractivity contribution is 7.91. The Morgan fingerprint density at radius 3 is 2.74 bits per heavy atom. The second-order valence-corrected chi connectivity index (χ2v) is 10.8. The Balaban J connectivity index is 1.34. The number of hydrogen-bond donors (Lipinski definition) is 1. The largest absolute Gasteiger partial charge is 0.489 e. The molecule has 1 aliphatic rings. The molecule has 6 nitrogen and oxygen atoms in total. The van der Waals surface area contributed by atoms with Crippen LogP contribution < -0.4 is 9.46 Å². The highest BCUT2D eigenvalue weighted by atomic mass is 35.5. The number of benzene rings is 1. The first kappa shape index (κ1) is 22.2. The van der Waals surface area contributed by atoms with E-state index in [0.717, 1.165) is 42.8 Å². The Bertz CT molecular complexity index is 1080. The van der Waals surface area contributed by atoms with Gasteiger partial charge in [-0.3, -0.25) is 9.88 Å². The average molecular weight is 478 g/mol. The molecule has 164 valence electrons. The number of pyridine rings is 1. The number of ether oxygens (including phenoxy) is 1. The fourth-order valence-corrected chi connectivity index (χ4v) is 6.11. The molecule has 0 unspecified atom stereocenters. The van der Waals surface area contributed by atoms with Crippen molar-refractivity contribution in [1.29, 1.82) is 0 Å². The van der Waals surface area contributed by atoms with E-state index in [0.29, 0.717) is 22.4 Å². The van der Waals surface area contributed by atoms with Crippen molar-refractivity contribution in [1.82, 2.24) is 14.6 Å². The second-order valence-electron chi connectivity index (χ2n) is 7.51. The zero-order valence-corrected chi connectivity index (χ0v) is 19.3. The Kier molecular flexibility index (Phi) is 7.24. The van der Waals surface area contributed by atoms with Crippen molar-refractivity contribution in [2.45, 2.75) is 36.2 Å². The number of thiophene rings is 1. The Labute approximate surface area is 191 Å². The van der Waals surface area contributed by atoms with Crippen LogP contribution in [0.15, 0.2) is 64.4 Å². The van der Waals surface area contributed by atoms with Crippen molar-refractivity contribution in [2.75, 3.05) is 13.1 Å². The van der Waals surface area contributed by atoms with E-state index in [4.69, 9.17) is 16.3 Å². The summed E-state index contributed by atoms with van der Waals surface area (Å²) in [5, 5.41) is 2.44. The van der Waals surface area contributed by atoms with Crippen LogP contribution in [0.3, 0.4) is 0 Å². The normalized spacial score (nSPS) is 15.8. The summed E-state index contributed by atoms with van der Waals surface area (Å²) in [6.45, 7) is 2.74. The lowest BCUT2D eigenvalue weighted by atomic mass is 10.0.